The quantitative estimate of drug-likeness (QED) is 0.416. The van der Waals surface area contributed by atoms with Gasteiger partial charge in [-0.15, -0.1) is 0 Å². The molecule has 0 aromatic heterocycles. The summed E-state index contributed by atoms with van der Waals surface area (Å²) in [5.74, 6) is 0.995. The van der Waals surface area contributed by atoms with Gasteiger partial charge in [0.05, 0.1) is 20.8 Å². The first-order chi connectivity index (χ1) is 10.2. The normalized spacial score (nSPS) is 10.5. The van der Waals surface area contributed by atoms with Crippen LogP contribution < -0.4 is 14.2 Å². The zero-order valence-electron chi connectivity index (χ0n) is 12.7. The Kier molecular flexibility index (Phi) is 7.11. The van der Waals surface area contributed by atoms with Crippen molar-refractivity contribution in [3.8, 4) is 17.2 Å². The Morgan fingerprint density at radius 3 is 2.24 bits per heavy atom. The van der Waals surface area contributed by atoms with E-state index in [1.165, 1.54) is 27.4 Å². The molecule has 0 saturated carbocycles. The predicted octanol–water partition coefficient (Wildman–Crippen LogP) is 2.26. The van der Waals surface area contributed by atoms with E-state index in [0.717, 1.165) is 5.56 Å². The fourth-order valence-electron chi connectivity index (χ4n) is 1.61. The van der Waals surface area contributed by atoms with Crippen LogP contribution in [-0.2, 0) is 14.3 Å². The van der Waals surface area contributed by atoms with Crippen LogP contribution in [0.4, 0.5) is 0 Å². The highest BCUT2D eigenvalue weighted by Gasteiger charge is 2.13. The highest BCUT2D eigenvalue weighted by molar-refractivity contribution is 5.87. The number of hydrogen-bond donors (Lipinski definition) is 0. The molecule has 116 valence electrons. The minimum Gasteiger partial charge on any atom is -0.493 e. The first-order valence-corrected chi connectivity index (χ1v) is 6.38. The van der Waals surface area contributed by atoms with Crippen LogP contribution in [0.1, 0.15) is 12.5 Å². The zero-order valence-corrected chi connectivity index (χ0v) is 12.7. The van der Waals surface area contributed by atoms with Crippen molar-refractivity contribution in [1.82, 2.24) is 0 Å². The third-order valence-corrected chi connectivity index (χ3v) is 2.50. The molecule has 6 nitrogen and oxygen atoms in total. The van der Waals surface area contributed by atoms with E-state index in [9.17, 15) is 4.79 Å². The lowest BCUT2D eigenvalue weighted by Gasteiger charge is -2.14. The summed E-state index contributed by atoms with van der Waals surface area (Å²) in [7, 11) is 4.57. The predicted molar refractivity (Wildman–Crippen MR) is 77.7 cm³/mol. The SMILES string of the molecule is CCOC(=O)/C=C/c1cc(OC)c(OCOC)c(OC)c1. The molecular weight excluding hydrogens is 276 g/mol. The van der Waals surface area contributed by atoms with Crippen molar-refractivity contribution in [1.29, 1.82) is 0 Å². The average Bonchev–Trinajstić information content (AvgIpc) is 2.50. The van der Waals surface area contributed by atoms with Gasteiger partial charge in [-0.1, -0.05) is 0 Å². The molecule has 0 spiro atoms. The second-order valence-corrected chi connectivity index (χ2v) is 3.89. The fourth-order valence-corrected chi connectivity index (χ4v) is 1.61. The van der Waals surface area contributed by atoms with E-state index in [4.69, 9.17) is 23.7 Å². The van der Waals surface area contributed by atoms with Crippen molar-refractivity contribution < 1.29 is 28.5 Å². The van der Waals surface area contributed by atoms with E-state index in [-0.39, 0.29) is 6.79 Å². The van der Waals surface area contributed by atoms with Crippen LogP contribution in [0, 0.1) is 0 Å². The standard InChI is InChI=1S/C15H20O6/c1-5-20-14(16)7-6-11-8-12(18-3)15(21-10-17-2)13(9-11)19-4/h6-9H,5,10H2,1-4H3/b7-6+. The summed E-state index contributed by atoms with van der Waals surface area (Å²) in [6.45, 7) is 2.16. The van der Waals surface area contributed by atoms with Crippen LogP contribution in [0.25, 0.3) is 6.08 Å². The van der Waals surface area contributed by atoms with Crippen LogP contribution in [0.3, 0.4) is 0 Å². The summed E-state index contributed by atoms with van der Waals surface area (Å²) >= 11 is 0. The highest BCUT2D eigenvalue weighted by Crippen LogP contribution is 2.38. The Morgan fingerprint density at radius 1 is 1.14 bits per heavy atom. The van der Waals surface area contributed by atoms with Crippen molar-refractivity contribution in [3.05, 3.63) is 23.8 Å². The Bertz CT molecular complexity index is 470. The van der Waals surface area contributed by atoms with Crippen molar-refractivity contribution in [3.63, 3.8) is 0 Å². The topological polar surface area (TPSA) is 63.2 Å². The van der Waals surface area contributed by atoms with Gasteiger partial charge >= 0.3 is 5.97 Å². The summed E-state index contributed by atoms with van der Waals surface area (Å²) in [6, 6.07) is 3.45. The molecule has 0 saturated heterocycles. The first-order valence-electron chi connectivity index (χ1n) is 6.38. The summed E-state index contributed by atoms with van der Waals surface area (Å²) in [6.07, 6.45) is 2.95. The summed E-state index contributed by atoms with van der Waals surface area (Å²) in [5, 5.41) is 0. The van der Waals surface area contributed by atoms with Crippen molar-refractivity contribution in [2.24, 2.45) is 0 Å². The van der Waals surface area contributed by atoms with Gasteiger partial charge in [0, 0.05) is 13.2 Å². The minimum absolute atomic E-state index is 0.0741. The maximum atomic E-state index is 11.3. The van der Waals surface area contributed by atoms with Gasteiger partial charge in [0.25, 0.3) is 0 Å². The largest absolute Gasteiger partial charge is 0.493 e. The number of esters is 1. The fraction of sp³-hybridized carbons (Fsp3) is 0.400. The molecule has 0 amide bonds. The van der Waals surface area contributed by atoms with Crippen molar-refractivity contribution in [2.45, 2.75) is 6.92 Å². The first kappa shape index (κ1) is 16.8. The van der Waals surface area contributed by atoms with Crippen LogP contribution >= 0.6 is 0 Å². The molecule has 1 aromatic carbocycles. The van der Waals surface area contributed by atoms with Gasteiger partial charge in [-0.05, 0) is 30.7 Å². The molecule has 1 rings (SSSR count). The van der Waals surface area contributed by atoms with Gasteiger partial charge in [-0.3, -0.25) is 0 Å². The Hall–Kier alpha value is -2.21. The lowest BCUT2D eigenvalue weighted by Crippen LogP contribution is -2.03. The van der Waals surface area contributed by atoms with Crippen LogP contribution in [0.15, 0.2) is 18.2 Å². The molecule has 6 heteroatoms. The van der Waals surface area contributed by atoms with Crippen LogP contribution in [0.2, 0.25) is 0 Å². The monoisotopic (exact) mass is 296 g/mol. The maximum absolute atomic E-state index is 11.3. The molecule has 0 bridgehead atoms. The molecule has 1 aromatic rings. The lowest BCUT2D eigenvalue weighted by atomic mass is 10.1. The van der Waals surface area contributed by atoms with Gasteiger partial charge in [-0.25, -0.2) is 4.79 Å². The number of ether oxygens (including phenoxy) is 5. The number of benzene rings is 1. The van der Waals surface area contributed by atoms with Gasteiger partial charge in [-0.2, -0.15) is 0 Å². The highest BCUT2D eigenvalue weighted by atomic mass is 16.7. The van der Waals surface area contributed by atoms with E-state index in [0.29, 0.717) is 23.9 Å². The summed E-state index contributed by atoms with van der Waals surface area (Å²) < 4.78 is 25.7. The summed E-state index contributed by atoms with van der Waals surface area (Å²) in [4.78, 5) is 11.3. The number of carbonyl (C=O) groups excluding carboxylic acids is 1. The van der Waals surface area contributed by atoms with Gasteiger partial charge in [0.2, 0.25) is 5.75 Å². The molecule has 0 heterocycles. The minimum atomic E-state index is -0.407. The lowest BCUT2D eigenvalue weighted by molar-refractivity contribution is -0.137. The van der Waals surface area contributed by atoms with Crippen molar-refractivity contribution in [2.75, 3.05) is 34.7 Å². The average molecular weight is 296 g/mol. The Balaban J connectivity index is 3.05. The van der Waals surface area contributed by atoms with Gasteiger partial charge in [0.15, 0.2) is 18.3 Å². The second-order valence-electron chi connectivity index (χ2n) is 3.89. The molecular formula is C15H20O6. The Labute approximate surface area is 124 Å². The number of carbonyl (C=O) groups is 1. The third-order valence-electron chi connectivity index (χ3n) is 2.50. The van der Waals surface area contributed by atoms with E-state index >= 15 is 0 Å². The van der Waals surface area contributed by atoms with Crippen LogP contribution in [0.5, 0.6) is 17.2 Å². The molecule has 21 heavy (non-hydrogen) atoms. The van der Waals surface area contributed by atoms with Crippen molar-refractivity contribution >= 4 is 12.0 Å². The maximum Gasteiger partial charge on any atom is 0.330 e. The molecule has 0 aliphatic heterocycles. The van der Waals surface area contributed by atoms with Gasteiger partial charge in [0.1, 0.15) is 0 Å². The van der Waals surface area contributed by atoms with E-state index in [1.807, 2.05) is 0 Å². The van der Waals surface area contributed by atoms with Gasteiger partial charge < -0.3 is 23.7 Å². The van der Waals surface area contributed by atoms with E-state index in [2.05, 4.69) is 0 Å². The molecule has 0 aliphatic rings. The number of rotatable bonds is 8. The smallest absolute Gasteiger partial charge is 0.330 e. The van der Waals surface area contributed by atoms with Crippen LogP contribution in [-0.4, -0.2) is 40.7 Å². The second kappa shape index (κ2) is 8.86. The number of hydrogen-bond acceptors (Lipinski definition) is 6. The molecule has 0 atom stereocenters. The third kappa shape index (κ3) is 5.00. The molecule has 0 radical (unpaired) electrons. The Morgan fingerprint density at radius 2 is 1.76 bits per heavy atom. The van der Waals surface area contributed by atoms with E-state index in [1.54, 1.807) is 25.1 Å². The molecule has 0 N–H and O–H groups in total. The molecule has 0 aliphatic carbocycles. The molecule has 0 fully saturated rings. The molecule has 0 unspecified atom stereocenters. The summed E-state index contributed by atoms with van der Waals surface area (Å²) in [5.41, 5.74) is 0.724. The zero-order chi connectivity index (χ0) is 15.7. The number of methoxy groups -OCH3 is 3. The van der Waals surface area contributed by atoms with E-state index < -0.39 is 5.97 Å².